The lowest BCUT2D eigenvalue weighted by Gasteiger charge is -2.21. The van der Waals surface area contributed by atoms with Crippen LogP contribution in [0.5, 0.6) is 0 Å². The number of rotatable bonds is 7. The van der Waals surface area contributed by atoms with E-state index in [2.05, 4.69) is 17.4 Å². The van der Waals surface area contributed by atoms with E-state index < -0.39 is 5.54 Å². The molecule has 1 aromatic rings. The molecule has 0 bridgehead atoms. The summed E-state index contributed by atoms with van der Waals surface area (Å²) in [7, 11) is 1.78. The lowest BCUT2D eigenvalue weighted by Crippen LogP contribution is -2.44. The van der Waals surface area contributed by atoms with Gasteiger partial charge in [-0.25, -0.2) is 4.79 Å². The zero-order chi connectivity index (χ0) is 18.6. The van der Waals surface area contributed by atoms with Crippen LogP contribution < -0.4 is 5.32 Å². The Bertz CT molecular complexity index is 668. The maximum Gasteiger partial charge on any atom is 0.325 e. The first-order valence-corrected chi connectivity index (χ1v) is 9.44. The van der Waals surface area contributed by atoms with E-state index >= 15 is 0 Å². The summed E-state index contributed by atoms with van der Waals surface area (Å²) in [6.07, 6.45) is 5.33. The summed E-state index contributed by atoms with van der Waals surface area (Å²) in [6, 6.07) is 9.83. The Morgan fingerprint density at radius 2 is 1.88 bits per heavy atom. The summed E-state index contributed by atoms with van der Waals surface area (Å²) in [5.41, 5.74) is 0.566. The zero-order valence-electron chi connectivity index (χ0n) is 15.4. The monoisotopic (exact) mass is 357 g/mol. The van der Waals surface area contributed by atoms with Crippen LogP contribution in [-0.4, -0.2) is 53.3 Å². The van der Waals surface area contributed by atoms with E-state index in [0.29, 0.717) is 19.4 Å². The second kappa shape index (κ2) is 7.89. The summed E-state index contributed by atoms with van der Waals surface area (Å²) in [5, 5.41) is 2.85. The third-order valence-electron chi connectivity index (χ3n) is 5.48. The number of imide groups is 1. The van der Waals surface area contributed by atoms with Crippen LogP contribution in [-0.2, 0) is 16.0 Å². The number of nitrogens with zero attached hydrogens (tertiary/aromatic N) is 2. The number of benzene rings is 1. The number of amides is 4. The van der Waals surface area contributed by atoms with Crippen molar-refractivity contribution in [3.05, 3.63) is 35.9 Å². The van der Waals surface area contributed by atoms with Gasteiger partial charge in [-0.3, -0.25) is 14.5 Å². The summed E-state index contributed by atoms with van der Waals surface area (Å²) in [4.78, 5) is 39.9. The molecule has 0 aromatic heterocycles. The Balaban J connectivity index is 1.43. The molecule has 0 radical (unpaired) electrons. The van der Waals surface area contributed by atoms with Crippen LogP contribution in [0, 0.1) is 0 Å². The molecular formula is C20H27N3O3. The molecule has 2 fully saturated rings. The predicted octanol–water partition coefficient (Wildman–Crippen LogP) is 2.33. The number of aryl methyl sites for hydroxylation is 1. The predicted molar refractivity (Wildman–Crippen MR) is 98.5 cm³/mol. The second-order valence-electron chi connectivity index (χ2n) is 7.33. The number of hydrogen-bond donors (Lipinski definition) is 1. The molecule has 6 heteroatoms. The van der Waals surface area contributed by atoms with Gasteiger partial charge in [0.1, 0.15) is 5.54 Å². The van der Waals surface area contributed by atoms with Crippen molar-refractivity contribution in [3.8, 4) is 0 Å². The van der Waals surface area contributed by atoms with Crippen molar-refractivity contribution < 1.29 is 14.4 Å². The lowest BCUT2D eigenvalue weighted by atomic mass is 9.98. The molecule has 0 unspecified atom stereocenters. The smallest absolute Gasteiger partial charge is 0.325 e. The first kappa shape index (κ1) is 18.4. The highest BCUT2D eigenvalue weighted by Gasteiger charge is 2.52. The standard InChI is InChI=1S/C20H27N3O3/c1-22(14-7-10-16-8-3-2-4-9-16)17(24)11-15-23-18(25)20(21-19(23)26)12-5-6-13-20/h2-4,8-9H,5-7,10-15H2,1H3,(H,21,26). The second-order valence-corrected chi connectivity index (χ2v) is 7.33. The molecule has 1 N–H and O–H groups in total. The molecule has 1 aliphatic heterocycles. The maximum atomic E-state index is 12.6. The van der Waals surface area contributed by atoms with Gasteiger partial charge in [0, 0.05) is 26.6 Å². The Morgan fingerprint density at radius 3 is 2.58 bits per heavy atom. The van der Waals surface area contributed by atoms with E-state index in [1.807, 2.05) is 18.2 Å². The first-order valence-electron chi connectivity index (χ1n) is 9.44. The fraction of sp³-hybridized carbons (Fsp3) is 0.550. The summed E-state index contributed by atoms with van der Waals surface area (Å²) in [6.45, 7) is 0.825. The van der Waals surface area contributed by atoms with Gasteiger partial charge in [-0.1, -0.05) is 43.2 Å². The highest BCUT2D eigenvalue weighted by atomic mass is 16.2. The van der Waals surface area contributed by atoms with E-state index in [1.165, 1.54) is 10.5 Å². The maximum absolute atomic E-state index is 12.6. The SMILES string of the molecule is CN(CCCc1ccccc1)C(=O)CCN1C(=O)NC2(CCCC2)C1=O. The van der Waals surface area contributed by atoms with Crippen LogP contribution in [0.3, 0.4) is 0 Å². The molecule has 1 saturated carbocycles. The molecule has 1 aromatic carbocycles. The molecule has 1 saturated heterocycles. The minimum atomic E-state index is -0.693. The molecule has 2 aliphatic rings. The summed E-state index contributed by atoms with van der Waals surface area (Å²) in [5.74, 6) is -0.189. The normalized spacial score (nSPS) is 18.4. The molecule has 0 atom stereocenters. The van der Waals surface area contributed by atoms with Gasteiger partial charge in [0.15, 0.2) is 0 Å². The minimum Gasteiger partial charge on any atom is -0.346 e. The van der Waals surface area contributed by atoms with Crippen molar-refractivity contribution in [3.63, 3.8) is 0 Å². The Morgan fingerprint density at radius 1 is 1.19 bits per heavy atom. The van der Waals surface area contributed by atoms with Gasteiger partial charge >= 0.3 is 6.03 Å². The Hall–Kier alpha value is -2.37. The molecule has 1 aliphatic carbocycles. The number of urea groups is 1. The fourth-order valence-electron chi connectivity index (χ4n) is 3.88. The highest BCUT2D eigenvalue weighted by molar-refractivity contribution is 6.07. The number of carbonyl (C=O) groups is 3. The van der Waals surface area contributed by atoms with Crippen LogP contribution in [0.2, 0.25) is 0 Å². The van der Waals surface area contributed by atoms with Crippen molar-refractivity contribution >= 4 is 17.8 Å². The van der Waals surface area contributed by atoms with Crippen LogP contribution in [0.1, 0.15) is 44.1 Å². The van der Waals surface area contributed by atoms with Gasteiger partial charge in [0.05, 0.1) is 0 Å². The minimum absolute atomic E-state index is 0.0361. The third-order valence-corrected chi connectivity index (χ3v) is 5.48. The van der Waals surface area contributed by atoms with Gasteiger partial charge in [-0.15, -0.1) is 0 Å². The quantitative estimate of drug-likeness (QED) is 0.762. The molecule has 4 amide bonds. The summed E-state index contributed by atoms with van der Waals surface area (Å²) >= 11 is 0. The molecule has 26 heavy (non-hydrogen) atoms. The molecule has 3 rings (SSSR count). The van der Waals surface area contributed by atoms with Gasteiger partial charge in [0.2, 0.25) is 5.91 Å². The molecular weight excluding hydrogens is 330 g/mol. The van der Waals surface area contributed by atoms with E-state index in [-0.39, 0.29) is 30.8 Å². The molecule has 140 valence electrons. The van der Waals surface area contributed by atoms with Crippen molar-refractivity contribution in [1.82, 2.24) is 15.1 Å². The zero-order valence-corrected chi connectivity index (χ0v) is 15.4. The van der Waals surface area contributed by atoms with Crippen molar-refractivity contribution in [1.29, 1.82) is 0 Å². The Labute approximate surface area is 154 Å². The van der Waals surface area contributed by atoms with Gasteiger partial charge in [-0.05, 0) is 31.2 Å². The van der Waals surface area contributed by atoms with Crippen LogP contribution >= 0.6 is 0 Å². The third kappa shape index (κ3) is 3.89. The van der Waals surface area contributed by atoms with Crippen molar-refractivity contribution in [2.24, 2.45) is 0 Å². The van der Waals surface area contributed by atoms with E-state index in [1.54, 1.807) is 11.9 Å². The van der Waals surface area contributed by atoms with E-state index in [0.717, 1.165) is 25.7 Å². The Kier molecular flexibility index (Phi) is 5.59. The summed E-state index contributed by atoms with van der Waals surface area (Å²) < 4.78 is 0. The van der Waals surface area contributed by atoms with Crippen molar-refractivity contribution in [2.75, 3.05) is 20.1 Å². The lowest BCUT2D eigenvalue weighted by molar-refractivity contribution is -0.133. The van der Waals surface area contributed by atoms with Crippen LogP contribution in [0.25, 0.3) is 0 Å². The number of nitrogens with one attached hydrogen (secondary N) is 1. The van der Waals surface area contributed by atoms with Gasteiger partial charge < -0.3 is 10.2 Å². The largest absolute Gasteiger partial charge is 0.346 e. The average Bonchev–Trinajstić information content (AvgIpc) is 3.20. The highest BCUT2D eigenvalue weighted by Crippen LogP contribution is 2.35. The number of hydrogen-bond acceptors (Lipinski definition) is 3. The molecule has 6 nitrogen and oxygen atoms in total. The fourth-order valence-corrected chi connectivity index (χ4v) is 3.88. The van der Waals surface area contributed by atoms with Gasteiger partial charge in [0.25, 0.3) is 5.91 Å². The van der Waals surface area contributed by atoms with E-state index in [9.17, 15) is 14.4 Å². The number of carbonyl (C=O) groups excluding carboxylic acids is 3. The van der Waals surface area contributed by atoms with Crippen LogP contribution in [0.15, 0.2) is 30.3 Å². The van der Waals surface area contributed by atoms with Gasteiger partial charge in [-0.2, -0.15) is 0 Å². The topological polar surface area (TPSA) is 69.7 Å². The van der Waals surface area contributed by atoms with Crippen molar-refractivity contribution in [2.45, 2.75) is 50.5 Å². The first-order chi connectivity index (χ1) is 12.5. The van der Waals surface area contributed by atoms with E-state index in [4.69, 9.17) is 0 Å². The molecule has 1 spiro atoms. The van der Waals surface area contributed by atoms with Crippen LogP contribution in [0.4, 0.5) is 4.79 Å². The average molecular weight is 357 g/mol. The molecule has 1 heterocycles.